The van der Waals surface area contributed by atoms with E-state index in [0.29, 0.717) is 12.8 Å². The molecule has 1 aromatic carbocycles. The molecule has 2 rings (SSSR count). The maximum atomic E-state index is 13.7. The number of hydrogen-bond acceptors (Lipinski definition) is 8. The number of nitrogens with one attached hydrogen (secondary N) is 4. The highest BCUT2D eigenvalue weighted by Gasteiger charge is 2.33. The topological polar surface area (TPSA) is 183 Å². The highest BCUT2D eigenvalue weighted by molar-refractivity contribution is 7.09. The Labute approximate surface area is 264 Å². The van der Waals surface area contributed by atoms with E-state index in [-0.39, 0.29) is 37.6 Å². The molecule has 0 bridgehead atoms. The molecular formula is C32H49N5O6S. The summed E-state index contributed by atoms with van der Waals surface area (Å²) in [5.41, 5.74) is 7.83. The predicted octanol–water partition coefficient (Wildman–Crippen LogP) is 2.81. The zero-order chi connectivity index (χ0) is 32.8. The smallest absolute Gasteiger partial charge is 0.303 e. The highest BCUT2D eigenvalue weighted by atomic mass is 32.1. The van der Waals surface area contributed by atoms with Crippen LogP contribution < -0.4 is 27.0 Å². The van der Waals surface area contributed by atoms with Crippen LogP contribution >= 0.6 is 11.3 Å². The Balaban J connectivity index is 2.21. The highest BCUT2D eigenvalue weighted by Crippen LogP contribution is 2.16. The van der Waals surface area contributed by atoms with Crippen molar-refractivity contribution in [1.29, 1.82) is 0 Å². The molecule has 8 N–H and O–H groups in total. The van der Waals surface area contributed by atoms with Gasteiger partial charge < -0.3 is 37.2 Å². The Hall–Kier alpha value is -3.48. The quantitative estimate of drug-likeness (QED) is 0.123. The number of aliphatic hydroxyl groups excluding tert-OH is 1. The van der Waals surface area contributed by atoms with E-state index in [2.05, 4.69) is 21.3 Å². The van der Waals surface area contributed by atoms with Crippen molar-refractivity contribution in [3.05, 3.63) is 52.2 Å². The van der Waals surface area contributed by atoms with E-state index in [0.717, 1.165) is 16.1 Å². The summed E-state index contributed by atoms with van der Waals surface area (Å²) in [6, 6.07) is 7.88. The molecule has 3 amide bonds. The minimum Gasteiger partial charge on any atom is -0.481 e. The van der Waals surface area contributed by atoms with Gasteiger partial charge in [-0.15, -0.1) is 11.3 Å². The first-order chi connectivity index (χ1) is 20.8. The lowest BCUT2D eigenvalue weighted by Gasteiger charge is -2.30. The Morgan fingerprint density at radius 3 is 2.30 bits per heavy atom. The van der Waals surface area contributed by atoms with Gasteiger partial charge in [0.15, 0.2) is 0 Å². The van der Waals surface area contributed by atoms with Crippen LogP contribution in [0.5, 0.6) is 0 Å². The van der Waals surface area contributed by atoms with Crippen LogP contribution in [0.25, 0.3) is 0 Å². The molecule has 0 aliphatic rings. The number of aryl methyl sites for hydroxylation is 1. The third-order valence-electron chi connectivity index (χ3n) is 7.47. The number of aliphatic hydroxyl groups is 1. The largest absolute Gasteiger partial charge is 0.481 e. The number of carboxylic acids is 1. The van der Waals surface area contributed by atoms with Gasteiger partial charge in [-0.05, 0) is 60.7 Å². The lowest BCUT2D eigenvalue weighted by Crippen LogP contribution is -2.59. The number of anilines is 1. The van der Waals surface area contributed by atoms with E-state index in [9.17, 15) is 24.3 Å². The van der Waals surface area contributed by atoms with Gasteiger partial charge in [-0.3, -0.25) is 19.2 Å². The number of nitrogens with two attached hydrogens (primary N) is 1. The molecule has 1 heterocycles. The van der Waals surface area contributed by atoms with Crippen LogP contribution in [0.15, 0.2) is 41.8 Å². The Morgan fingerprint density at radius 2 is 1.70 bits per heavy atom. The Bertz CT molecular complexity index is 1210. The summed E-state index contributed by atoms with van der Waals surface area (Å²) in [5, 5.41) is 33.7. The van der Waals surface area contributed by atoms with Crippen LogP contribution in [0, 0.1) is 18.8 Å². The molecule has 12 heteroatoms. The average Bonchev–Trinajstić information content (AvgIpc) is 3.49. The van der Waals surface area contributed by atoms with Gasteiger partial charge in [-0.1, -0.05) is 52.3 Å². The third kappa shape index (κ3) is 12.6. The maximum absolute atomic E-state index is 13.7. The van der Waals surface area contributed by atoms with Gasteiger partial charge in [0.1, 0.15) is 12.1 Å². The van der Waals surface area contributed by atoms with Crippen molar-refractivity contribution in [3.63, 3.8) is 0 Å². The van der Waals surface area contributed by atoms with Crippen molar-refractivity contribution in [3.8, 4) is 0 Å². The van der Waals surface area contributed by atoms with E-state index in [1.165, 1.54) is 11.3 Å². The SMILES string of the molecule is CC[C@H](C)[C@H](NC(=O)[C@@H](N)CCC(=O)O)C(=O)N[C@@H](Cc1cccs1)C(=O)N[C@@H](CC(C)C)[C@H](O)CNc1cccc(C)c1. The summed E-state index contributed by atoms with van der Waals surface area (Å²) in [6.45, 7) is 9.89. The number of rotatable bonds is 19. The minimum absolute atomic E-state index is 0.0717. The van der Waals surface area contributed by atoms with E-state index in [1.807, 2.05) is 69.5 Å². The zero-order valence-corrected chi connectivity index (χ0v) is 27.2. The van der Waals surface area contributed by atoms with Gasteiger partial charge >= 0.3 is 5.97 Å². The summed E-state index contributed by atoms with van der Waals surface area (Å²) in [5.74, 6) is -2.81. The van der Waals surface area contributed by atoms with Crippen molar-refractivity contribution >= 4 is 40.7 Å². The molecule has 0 aliphatic carbocycles. The lowest BCUT2D eigenvalue weighted by atomic mass is 9.96. The molecular weight excluding hydrogens is 582 g/mol. The normalized spacial score (nSPS) is 15.4. The van der Waals surface area contributed by atoms with Crippen LogP contribution in [0.1, 0.15) is 63.8 Å². The summed E-state index contributed by atoms with van der Waals surface area (Å²) in [7, 11) is 0. The molecule has 0 aliphatic heterocycles. The molecule has 0 saturated heterocycles. The van der Waals surface area contributed by atoms with Gasteiger partial charge in [-0.25, -0.2) is 0 Å². The predicted molar refractivity (Wildman–Crippen MR) is 173 cm³/mol. The molecule has 2 aromatic rings. The maximum Gasteiger partial charge on any atom is 0.303 e. The molecule has 6 atom stereocenters. The fourth-order valence-electron chi connectivity index (χ4n) is 4.70. The molecule has 11 nitrogen and oxygen atoms in total. The number of hydrogen-bond donors (Lipinski definition) is 7. The van der Waals surface area contributed by atoms with E-state index >= 15 is 0 Å². The summed E-state index contributed by atoms with van der Waals surface area (Å²) in [6.07, 6.45) is 0.0441. The lowest BCUT2D eigenvalue weighted by molar-refractivity contribution is -0.137. The fourth-order valence-corrected chi connectivity index (χ4v) is 5.45. The second-order valence-electron chi connectivity index (χ2n) is 11.8. The monoisotopic (exact) mass is 631 g/mol. The van der Waals surface area contributed by atoms with Crippen molar-refractivity contribution in [1.82, 2.24) is 16.0 Å². The third-order valence-corrected chi connectivity index (χ3v) is 8.37. The minimum atomic E-state index is -1.10. The Kier molecular flexibility index (Phi) is 15.3. The summed E-state index contributed by atoms with van der Waals surface area (Å²) < 4.78 is 0. The van der Waals surface area contributed by atoms with Crippen molar-refractivity contribution in [2.45, 2.75) is 97.0 Å². The first-order valence-electron chi connectivity index (χ1n) is 15.2. The van der Waals surface area contributed by atoms with Crippen molar-refractivity contribution < 1.29 is 29.4 Å². The number of aliphatic carboxylic acids is 1. The molecule has 0 unspecified atom stereocenters. The van der Waals surface area contributed by atoms with E-state index < -0.39 is 54.0 Å². The second-order valence-corrected chi connectivity index (χ2v) is 12.8. The molecule has 1 aromatic heterocycles. The number of carbonyl (C=O) groups excluding carboxylic acids is 3. The summed E-state index contributed by atoms with van der Waals surface area (Å²) >= 11 is 1.46. The zero-order valence-electron chi connectivity index (χ0n) is 26.3. The van der Waals surface area contributed by atoms with E-state index in [1.54, 1.807) is 6.92 Å². The van der Waals surface area contributed by atoms with Gasteiger partial charge in [0, 0.05) is 30.0 Å². The van der Waals surface area contributed by atoms with Gasteiger partial charge in [0.05, 0.1) is 18.2 Å². The van der Waals surface area contributed by atoms with Crippen LogP contribution in [0.4, 0.5) is 5.69 Å². The van der Waals surface area contributed by atoms with Gasteiger partial charge in [-0.2, -0.15) is 0 Å². The molecule has 0 saturated carbocycles. The number of benzene rings is 1. The molecule has 244 valence electrons. The van der Waals surface area contributed by atoms with Crippen LogP contribution in [0.2, 0.25) is 0 Å². The number of carbonyl (C=O) groups is 4. The first-order valence-corrected chi connectivity index (χ1v) is 16.1. The molecule has 44 heavy (non-hydrogen) atoms. The van der Waals surface area contributed by atoms with Crippen LogP contribution in [-0.4, -0.2) is 70.7 Å². The van der Waals surface area contributed by atoms with Crippen LogP contribution in [-0.2, 0) is 25.6 Å². The van der Waals surface area contributed by atoms with Gasteiger partial charge in [0.2, 0.25) is 17.7 Å². The fraction of sp³-hybridized carbons (Fsp3) is 0.562. The number of thiophene rings is 1. The second kappa shape index (κ2) is 18.4. The standard InChI is InChI=1S/C32H49N5O6S/c1-6-21(5)29(37-30(41)24(33)12-13-28(39)40)32(43)36-26(17-23-11-8-14-44-23)31(42)35-25(15-19(2)3)27(38)18-34-22-10-7-9-20(4)16-22/h7-11,14,16,19,21,24-27,29,34,38H,6,12-13,15,17-18,33H2,1-5H3,(H,35,42)(H,36,43)(H,37,41)(H,39,40)/t21-,24-,25-,26-,27+,29-/m0/s1. The van der Waals surface area contributed by atoms with E-state index in [4.69, 9.17) is 10.8 Å². The van der Waals surface area contributed by atoms with Crippen molar-refractivity contribution in [2.75, 3.05) is 11.9 Å². The molecule has 0 fully saturated rings. The van der Waals surface area contributed by atoms with Crippen molar-refractivity contribution in [2.24, 2.45) is 17.6 Å². The average molecular weight is 632 g/mol. The Morgan fingerprint density at radius 1 is 0.977 bits per heavy atom. The first kappa shape index (κ1) is 36.7. The van der Waals surface area contributed by atoms with Crippen LogP contribution in [0.3, 0.4) is 0 Å². The summed E-state index contributed by atoms with van der Waals surface area (Å²) in [4.78, 5) is 51.9. The molecule has 0 spiro atoms. The number of carboxylic acid groups (broad SMARTS) is 1. The van der Waals surface area contributed by atoms with Gasteiger partial charge in [0.25, 0.3) is 0 Å². The number of amides is 3. The molecule has 0 radical (unpaired) electrons.